The lowest BCUT2D eigenvalue weighted by Gasteiger charge is -2.47. The van der Waals surface area contributed by atoms with Crippen molar-refractivity contribution < 1.29 is 34.1 Å². The number of unbranched alkanes of at least 4 members (excludes halogenated alkanes) is 1. The number of aliphatic hydroxyl groups is 1. The molecule has 0 radical (unpaired) electrons. The molecular formula is C80H128N7O7PS. The Kier molecular flexibility index (Phi) is 37.0. The molecule has 10 rings (SSSR count). The highest BCUT2D eigenvalue weighted by Gasteiger charge is 2.41. The Balaban J connectivity index is 0.000000279. The van der Waals surface area contributed by atoms with Gasteiger partial charge in [0.05, 0.1) is 42.0 Å². The lowest BCUT2D eigenvalue weighted by molar-refractivity contribution is -0.120. The van der Waals surface area contributed by atoms with Crippen LogP contribution in [-0.2, 0) is 25.5 Å². The number of anilines is 2. The Morgan fingerprint density at radius 1 is 0.885 bits per heavy atom. The number of aromatic nitrogens is 3. The maximum Gasteiger partial charge on any atom is 0.318 e. The molecule has 16 heteroatoms. The number of nitrogens with zero attached hydrogens (tertiary/aromatic N) is 6. The van der Waals surface area contributed by atoms with Crippen molar-refractivity contribution in [3.05, 3.63) is 71.4 Å². The van der Waals surface area contributed by atoms with Gasteiger partial charge in [-0.1, -0.05) is 157 Å². The molecular weight excluding hydrogens is 1230 g/mol. The minimum Gasteiger partial charge on any atom is -0.508 e. The summed E-state index contributed by atoms with van der Waals surface area (Å²) in [6.45, 7) is 33.5. The van der Waals surface area contributed by atoms with Gasteiger partial charge in [0.25, 0.3) is 0 Å². The second kappa shape index (κ2) is 42.7. The lowest BCUT2D eigenvalue weighted by Crippen LogP contribution is -2.50. The number of methoxy groups -OCH3 is 2. The molecule has 0 spiro atoms. The van der Waals surface area contributed by atoms with E-state index < -0.39 is 5.60 Å². The third-order valence-electron chi connectivity index (χ3n) is 20.4. The first kappa shape index (κ1) is 83.2. The van der Waals surface area contributed by atoms with E-state index in [2.05, 4.69) is 133 Å². The quantitative estimate of drug-likeness (QED) is 0.0321. The number of likely N-dealkylation sites (N-methyl/N-ethyl adjacent to an activating group) is 1. The third-order valence-corrected chi connectivity index (χ3v) is 21.3. The van der Waals surface area contributed by atoms with Gasteiger partial charge in [-0.05, 0) is 198 Å². The number of aldehydes is 2. The molecule has 4 aliphatic heterocycles. The van der Waals surface area contributed by atoms with Crippen LogP contribution in [0.3, 0.4) is 0 Å². The van der Waals surface area contributed by atoms with Gasteiger partial charge in [0.2, 0.25) is 5.91 Å². The molecule has 5 aromatic rings. The Hall–Kier alpha value is -5.18. The summed E-state index contributed by atoms with van der Waals surface area (Å²) in [5.41, 5.74) is 7.46. The number of β-amino-alcohol motifs (C(OH)–C–C–N with tert-alkyl or cyclic N) is 1. The fourth-order valence-electron chi connectivity index (χ4n) is 15.0. The summed E-state index contributed by atoms with van der Waals surface area (Å²) < 4.78 is 10.6. The third kappa shape index (κ3) is 24.3. The molecule has 8 unspecified atom stereocenters. The van der Waals surface area contributed by atoms with E-state index in [9.17, 15) is 19.8 Å². The highest BCUT2D eigenvalue weighted by atomic mass is 32.1. The van der Waals surface area contributed by atoms with Crippen LogP contribution in [0.1, 0.15) is 254 Å². The molecule has 1 amide bonds. The zero-order valence-corrected chi connectivity index (χ0v) is 64.6. The second-order valence-corrected chi connectivity index (χ2v) is 29.1. The predicted molar refractivity (Wildman–Crippen MR) is 412 cm³/mol. The average molecular weight is 1360 g/mol. The number of rotatable bonds is 23. The van der Waals surface area contributed by atoms with Crippen LogP contribution in [0.4, 0.5) is 11.5 Å². The molecule has 5 aliphatic rings. The number of aromatic hydroxyl groups is 1. The SMILES string of the molecule is CC.CC=O.CCCC(CCC(C)CC)c1ccc(N(C)C2CCC(=O)NC2=S)c(C)c1.CCCC1(CCC(C)CC)CC(C)C1.CCCC=O.CCc1cccc2cc(O)cc(-c3ncc4c(N5CCCC(C)(O)C5)nc(OC)nc4c3P)c12.COCC1CCC2CCCN21. The van der Waals surface area contributed by atoms with Crippen molar-refractivity contribution in [2.24, 2.45) is 23.2 Å². The number of piperidine rings is 2. The molecule has 2 aromatic heterocycles. The molecule has 6 heterocycles. The molecule has 0 bridgehead atoms. The van der Waals surface area contributed by atoms with Crippen molar-refractivity contribution in [3.8, 4) is 23.0 Å². The van der Waals surface area contributed by atoms with Crippen LogP contribution >= 0.6 is 21.5 Å². The van der Waals surface area contributed by atoms with E-state index in [-0.39, 0.29) is 23.7 Å². The van der Waals surface area contributed by atoms with Crippen molar-refractivity contribution in [1.82, 2.24) is 25.2 Å². The van der Waals surface area contributed by atoms with Gasteiger partial charge in [0.1, 0.15) is 29.1 Å². The van der Waals surface area contributed by atoms with Crippen molar-refractivity contribution in [1.29, 1.82) is 0 Å². The summed E-state index contributed by atoms with van der Waals surface area (Å²) in [5, 5.41) is 27.6. The van der Waals surface area contributed by atoms with Crippen LogP contribution in [-0.4, -0.2) is 125 Å². The number of aryl methyl sites for hydroxylation is 2. The summed E-state index contributed by atoms with van der Waals surface area (Å²) in [4.78, 5) is 51.5. The van der Waals surface area contributed by atoms with Gasteiger partial charge in [0, 0.05) is 74.9 Å². The first-order valence-electron chi connectivity index (χ1n) is 37.0. The van der Waals surface area contributed by atoms with Crippen LogP contribution in [0.15, 0.2) is 54.7 Å². The van der Waals surface area contributed by atoms with E-state index >= 15 is 0 Å². The number of amides is 1. The summed E-state index contributed by atoms with van der Waals surface area (Å²) in [6, 6.07) is 18.6. The molecule has 3 aromatic carbocycles. The van der Waals surface area contributed by atoms with Crippen molar-refractivity contribution in [2.75, 3.05) is 57.3 Å². The fourth-order valence-corrected chi connectivity index (χ4v) is 15.8. The number of benzene rings is 3. The van der Waals surface area contributed by atoms with Gasteiger partial charge in [-0.15, -0.1) is 9.24 Å². The largest absolute Gasteiger partial charge is 0.508 e. The minimum absolute atomic E-state index is 0.0421. The number of phenolic OH excluding ortho intramolecular Hbond substituents is 1. The zero-order valence-electron chi connectivity index (χ0n) is 62.6. The van der Waals surface area contributed by atoms with Crippen LogP contribution in [0.2, 0.25) is 0 Å². The standard InChI is InChI=1S/C26H29N4O3P.C23H36N2OS.C14H28.C9H17NO.C4H8O.C2H4O.C2H6/c1-4-15-7-5-8-16-11-17(31)12-18(20(15)16)21-23(34)22-19(13-27-21)24(29-25(28-22)33-3)30-10-6-9-26(2,32)14-30;1-6-8-18(10-9-16(3)7-2)19-11-12-20(17(4)15-19)25(5)21-13-14-22(26)24-23(21)27;1-5-8-14(10-13(4)11-14)9-7-12(3)6-2;1-11-7-9-5-4-8-3-2-6-10(8)9;1-2-3-4-5;1-2-3;1-2/h5,7-8,11-13,31-32H,4,6,9-10,14,34H2,1-3H3;11-12,15-16,18,21H,6-10,13-14H2,1-5H3,(H,24,26,27);12-13H,5-11H2,1-4H3;8-9H,2-7H2,1H3;4H,2-3H2,1H3;2H,1H3;1-2H3. The number of thiocarbonyl (C=S) groups is 1. The number of hydrogen-bond acceptors (Lipinski definition) is 14. The normalized spacial score (nSPS) is 21.9. The molecule has 14 nitrogen and oxygen atoms in total. The van der Waals surface area contributed by atoms with E-state index in [4.69, 9.17) is 31.5 Å². The summed E-state index contributed by atoms with van der Waals surface area (Å²) in [6.07, 6.45) is 31.1. The number of ether oxygens (including phenoxy) is 2. The second-order valence-electron chi connectivity index (χ2n) is 28.1. The van der Waals surface area contributed by atoms with Crippen molar-refractivity contribution in [3.63, 3.8) is 0 Å². The Bertz CT molecular complexity index is 3150. The molecule has 1 aliphatic carbocycles. The Morgan fingerprint density at radius 3 is 2.18 bits per heavy atom. The monoisotopic (exact) mass is 1360 g/mol. The van der Waals surface area contributed by atoms with Gasteiger partial charge in [-0.3, -0.25) is 14.7 Å². The average Bonchev–Trinajstić information content (AvgIpc) is 0.936. The van der Waals surface area contributed by atoms with E-state index in [0.29, 0.717) is 41.6 Å². The summed E-state index contributed by atoms with van der Waals surface area (Å²) in [7, 11) is 8.23. The number of hydrogen-bond donors (Lipinski definition) is 3. The fraction of sp³-hybridized carbons (Fsp3) is 0.662. The molecule has 3 N–H and O–H groups in total. The van der Waals surface area contributed by atoms with E-state index in [1.165, 1.54) is 139 Å². The van der Waals surface area contributed by atoms with E-state index in [1.807, 2.05) is 46.9 Å². The smallest absolute Gasteiger partial charge is 0.318 e. The Labute approximate surface area is 588 Å². The van der Waals surface area contributed by atoms with Crippen LogP contribution in [0, 0.1) is 30.1 Å². The van der Waals surface area contributed by atoms with Gasteiger partial charge in [0.15, 0.2) is 0 Å². The maximum atomic E-state index is 11.5. The zero-order chi connectivity index (χ0) is 71.1. The molecule has 1 saturated carbocycles. The summed E-state index contributed by atoms with van der Waals surface area (Å²) in [5.74, 6) is 4.35. The summed E-state index contributed by atoms with van der Waals surface area (Å²) >= 11 is 5.42. The number of pyridine rings is 1. The highest BCUT2D eigenvalue weighted by Crippen LogP contribution is 2.52. The predicted octanol–water partition coefficient (Wildman–Crippen LogP) is 18.2. The van der Waals surface area contributed by atoms with E-state index in [1.54, 1.807) is 25.4 Å². The van der Waals surface area contributed by atoms with Crippen molar-refractivity contribution in [2.45, 2.75) is 274 Å². The Morgan fingerprint density at radius 2 is 1.59 bits per heavy atom. The van der Waals surface area contributed by atoms with Gasteiger partial charge >= 0.3 is 6.01 Å². The van der Waals surface area contributed by atoms with Gasteiger partial charge in [-0.25, -0.2) is 0 Å². The molecule has 536 valence electrons. The van der Waals surface area contributed by atoms with Crippen LogP contribution in [0.25, 0.3) is 32.9 Å². The van der Waals surface area contributed by atoms with Crippen LogP contribution in [0.5, 0.6) is 11.8 Å². The topological polar surface area (TPSA) is 171 Å². The van der Waals surface area contributed by atoms with Gasteiger partial charge < -0.3 is 44.4 Å². The van der Waals surface area contributed by atoms with Crippen molar-refractivity contribution >= 4 is 83.4 Å². The number of nitrogens with one attached hydrogen (secondary N) is 1. The number of phenols is 1. The minimum atomic E-state index is -0.781. The van der Waals surface area contributed by atoms with E-state index in [0.717, 1.165) is 126 Å². The molecule has 5 fully saturated rings. The molecule has 96 heavy (non-hydrogen) atoms. The number of carbonyl (C=O) groups is 3. The highest BCUT2D eigenvalue weighted by molar-refractivity contribution is 7.80. The first-order chi connectivity index (χ1) is 46.0. The molecule has 8 atom stereocenters. The maximum absolute atomic E-state index is 11.5. The number of carbonyl (C=O) groups excluding carboxylic acids is 3. The molecule has 4 saturated heterocycles. The number of fused-ring (bicyclic) bond motifs is 3. The first-order valence-corrected chi connectivity index (χ1v) is 38.0. The van der Waals surface area contributed by atoms with Crippen LogP contribution < -0.4 is 25.2 Å². The van der Waals surface area contributed by atoms with Gasteiger partial charge in [-0.2, -0.15) is 9.97 Å². The lowest BCUT2D eigenvalue weighted by atomic mass is 9.58.